The summed E-state index contributed by atoms with van der Waals surface area (Å²) in [6.45, 7) is 10.6. The van der Waals surface area contributed by atoms with E-state index in [9.17, 15) is 0 Å². The summed E-state index contributed by atoms with van der Waals surface area (Å²) in [4.78, 5) is 0. The van der Waals surface area contributed by atoms with Crippen molar-refractivity contribution in [1.82, 2.24) is 15.1 Å². The molecule has 0 saturated carbocycles. The van der Waals surface area contributed by atoms with Crippen LogP contribution in [0.15, 0.2) is 0 Å². The van der Waals surface area contributed by atoms with Crippen molar-refractivity contribution in [3.05, 3.63) is 17.0 Å². The Balaban J connectivity index is 0.00000196. The summed E-state index contributed by atoms with van der Waals surface area (Å²) in [6, 6.07) is 0. The van der Waals surface area contributed by atoms with Crippen LogP contribution in [0, 0.1) is 19.8 Å². The Morgan fingerprint density at radius 2 is 1.93 bits per heavy atom. The van der Waals surface area contributed by atoms with E-state index in [4.69, 9.17) is 0 Å². The van der Waals surface area contributed by atoms with Gasteiger partial charge in [-0.1, -0.05) is 13.8 Å². The van der Waals surface area contributed by atoms with Crippen LogP contribution in [0.4, 0.5) is 0 Å². The first-order chi connectivity index (χ1) is 6.52. The molecule has 0 aliphatic rings. The zero-order valence-corrected chi connectivity index (χ0v) is 11.1. The Morgan fingerprint density at radius 1 is 1.33 bits per heavy atom. The maximum atomic E-state index is 4.39. The Hall–Kier alpha value is -0.540. The Morgan fingerprint density at radius 3 is 2.33 bits per heavy atom. The van der Waals surface area contributed by atoms with Gasteiger partial charge in [0.1, 0.15) is 0 Å². The average Bonchev–Trinajstić information content (AvgIpc) is 2.31. The van der Waals surface area contributed by atoms with Crippen molar-refractivity contribution >= 4 is 12.4 Å². The summed E-state index contributed by atoms with van der Waals surface area (Å²) in [5.41, 5.74) is 3.74. The lowest BCUT2D eigenvalue weighted by Crippen LogP contribution is -2.19. The van der Waals surface area contributed by atoms with Crippen molar-refractivity contribution in [2.45, 2.75) is 34.2 Å². The molecule has 0 spiro atoms. The molecule has 0 fully saturated rings. The minimum Gasteiger partial charge on any atom is -0.312 e. The van der Waals surface area contributed by atoms with E-state index in [2.05, 4.69) is 38.1 Å². The maximum absolute atomic E-state index is 4.39. The van der Waals surface area contributed by atoms with Gasteiger partial charge in [0.05, 0.1) is 5.69 Å². The number of nitrogens with zero attached hydrogens (tertiary/aromatic N) is 2. The van der Waals surface area contributed by atoms with Crippen molar-refractivity contribution in [3.8, 4) is 0 Å². The number of nitrogens with one attached hydrogen (secondary N) is 1. The van der Waals surface area contributed by atoms with E-state index in [1.807, 2.05) is 11.7 Å². The van der Waals surface area contributed by atoms with E-state index in [1.165, 1.54) is 11.3 Å². The fourth-order valence-electron chi connectivity index (χ4n) is 1.56. The van der Waals surface area contributed by atoms with Gasteiger partial charge < -0.3 is 5.32 Å². The van der Waals surface area contributed by atoms with Crippen molar-refractivity contribution in [2.75, 3.05) is 6.54 Å². The van der Waals surface area contributed by atoms with Crippen LogP contribution >= 0.6 is 12.4 Å². The third kappa shape index (κ3) is 3.84. The van der Waals surface area contributed by atoms with Gasteiger partial charge in [0.15, 0.2) is 0 Å². The van der Waals surface area contributed by atoms with Gasteiger partial charge in [-0.3, -0.25) is 4.68 Å². The van der Waals surface area contributed by atoms with Crippen LogP contribution in [0.3, 0.4) is 0 Å². The van der Waals surface area contributed by atoms with Gasteiger partial charge in [-0.25, -0.2) is 0 Å². The van der Waals surface area contributed by atoms with E-state index in [1.54, 1.807) is 0 Å². The predicted octanol–water partition coefficient (Wildman–Crippen LogP) is 2.20. The highest BCUT2D eigenvalue weighted by atomic mass is 35.5. The number of rotatable bonds is 4. The van der Waals surface area contributed by atoms with Crippen LogP contribution in [0.5, 0.6) is 0 Å². The highest BCUT2D eigenvalue weighted by molar-refractivity contribution is 5.85. The number of aromatic nitrogens is 2. The summed E-state index contributed by atoms with van der Waals surface area (Å²) >= 11 is 0. The maximum Gasteiger partial charge on any atom is 0.0641 e. The quantitative estimate of drug-likeness (QED) is 0.861. The highest BCUT2D eigenvalue weighted by Crippen LogP contribution is 2.11. The number of aryl methyl sites for hydroxylation is 2. The topological polar surface area (TPSA) is 29.9 Å². The second-order valence-electron chi connectivity index (χ2n) is 4.30. The fourth-order valence-corrected chi connectivity index (χ4v) is 1.56. The lowest BCUT2D eigenvalue weighted by molar-refractivity contribution is 0.550. The van der Waals surface area contributed by atoms with Crippen LogP contribution in [-0.2, 0) is 13.6 Å². The normalized spacial score (nSPS) is 10.5. The zero-order valence-electron chi connectivity index (χ0n) is 10.3. The van der Waals surface area contributed by atoms with Crippen LogP contribution in [0.1, 0.15) is 30.8 Å². The summed E-state index contributed by atoms with van der Waals surface area (Å²) < 4.78 is 1.95. The molecule has 0 bridgehead atoms. The van der Waals surface area contributed by atoms with E-state index < -0.39 is 0 Å². The second-order valence-corrected chi connectivity index (χ2v) is 4.30. The van der Waals surface area contributed by atoms with Crippen LogP contribution in [-0.4, -0.2) is 16.3 Å². The smallest absolute Gasteiger partial charge is 0.0641 e. The number of halogens is 1. The van der Waals surface area contributed by atoms with Crippen LogP contribution in [0.2, 0.25) is 0 Å². The minimum absolute atomic E-state index is 0. The first-order valence-corrected chi connectivity index (χ1v) is 5.22. The average molecular weight is 232 g/mol. The summed E-state index contributed by atoms with van der Waals surface area (Å²) in [5.74, 6) is 0.701. The van der Waals surface area contributed by atoms with Crippen molar-refractivity contribution < 1.29 is 0 Å². The molecule has 15 heavy (non-hydrogen) atoms. The third-order valence-electron chi connectivity index (χ3n) is 2.51. The van der Waals surface area contributed by atoms with Crippen molar-refractivity contribution in [3.63, 3.8) is 0 Å². The van der Waals surface area contributed by atoms with Crippen molar-refractivity contribution in [2.24, 2.45) is 13.0 Å². The molecule has 0 amide bonds. The largest absolute Gasteiger partial charge is 0.312 e. The number of hydrogen-bond donors (Lipinski definition) is 1. The molecule has 4 heteroatoms. The lowest BCUT2D eigenvalue weighted by Gasteiger charge is -2.07. The Bertz CT molecular complexity index is 305. The number of hydrogen-bond acceptors (Lipinski definition) is 2. The van der Waals surface area contributed by atoms with Gasteiger partial charge in [-0.05, 0) is 26.3 Å². The third-order valence-corrected chi connectivity index (χ3v) is 2.51. The molecule has 0 atom stereocenters. The summed E-state index contributed by atoms with van der Waals surface area (Å²) in [6.07, 6.45) is 0. The van der Waals surface area contributed by atoms with Crippen LogP contribution < -0.4 is 5.32 Å². The molecular formula is C11H22ClN3. The predicted molar refractivity (Wildman–Crippen MR) is 66.5 cm³/mol. The van der Waals surface area contributed by atoms with Gasteiger partial charge in [0.25, 0.3) is 0 Å². The minimum atomic E-state index is 0. The zero-order chi connectivity index (χ0) is 10.7. The van der Waals surface area contributed by atoms with Crippen molar-refractivity contribution in [1.29, 1.82) is 0 Å². The molecule has 0 aliphatic heterocycles. The van der Waals surface area contributed by atoms with E-state index in [0.717, 1.165) is 18.8 Å². The summed E-state index contributed by atoms with van der Waals surface area (Å²) in [5, 5.41) is 7.83. The van der Waals surface area contributed by atoms with Crippen LogP contribution in [0.25, 0.3) is 0 Å². The Labute approximate surface area is 98.7 Å². The van der Waals surface area contributed by atoms with Gasteiger partial charge in [0, 0.05) is 24.8 Å². The molecule has 1 N–H and O–H groups in total. The molecule has 1 aromatic heterocycles. The second kappa shape index (κ2) is 6.13. The highest BCUT2D eigenvalue weighted by Gasteiger charge is 2.08. The first-order valence-electron chi connectivity index (χ1n) is 5.22. The molecule has 0 aromatic carbocycles. The molecule has 88 valence electrons. The molecule has 0 unspecified atom stereocenters. The van der Waals surface area contributed by atoms with E-state index in [0.29, 0.717) is 5.92 Å². The monoisotopic (exact) mass is 231 g/mol. The molecule has 1 rings (SSSR count). The van der Waals surface area contributed by atoms with Gasteiger partial charge in [-0.15, -0.1) is 12.4 Å². The Kier molecular flexibility index (Phi) is 5.91. The van der Waals surface area contributed by atoms with Gasteiger partial charge in [0.2, 0.25) is 0 Å². The van der Waals surface area contributed by atoms with E-state index >= 15 is 0 Å². The molecule has 0 saturated heterocycles. The summed E-state index contributed by atoms with van der Waals surface area (Å²) in [7, 11) is 1.99. The molecule has 1 aromatic rings. The molecule has 3 nitrogen and oxygen atoms in total. The SMILES string of the molecule is Cc1nn(C)c(C)c1CNCC(C)C.Cl. The van der Waals surface area contributed by atoms with E-state index in [-0.39, 0.29) is 12.4 Å². The standard InChI is InChI=1S/C11H21N3.ClH/c1-8(2)6-12-7-11-9(3)13-14(5)10(11)4;/h8,12H,6-7H2,1-5H3;1H. The van der Waals surface area contributed by atoms with Gasteiger partial charge in [-0.2, -0.15) is 5.10 Å². The molecule has 0 aliphatic carbocycles. The lowest BCUT2D eigenvalue weighted by atomic mass is 10.2. The van der Waals surface area contributed by atoms with Gasteiger partial charge >= 0.3 is 0 Å². The molecule has 1 heterocycles. The molecule has 0 radical (unpaired) electrons. The molecular weight excluding hydrogens is 210 g/mol. The first kappa shape index (κ1) is 14.5. The fraction of sp³-hybridized carbons (Fsp3) is 0.727.